The van der Waals surface area contributed by atoms with Crippen molar-refractivity contribution in [3.05, 3.63) is 17.5 Å². The number of hydrogen-bond acceptors (Lipinski definition) is 3. The van der Waals surface area contributed by atoms with Gasteiger partial charge in [-0.1, -0.05) is 0 Å². The molecule has 0 spiro atoms. The molecule has 0 saturated heterocycles. The van der Waals surface area contributed by atoms with Crippen molar-refractivity contribution in [3.8, 4) is 0 Å². The highest BCUT2D eigenvalue weighted by Gasteiger charge is 2.33. The van der Waals surface area contributed by atoms with Gasteiger partial charge in [0.1, 0.15) is 6.04 Å². The van der Waals surface area contributed by atoms with Gasteiger partial charge in [-0.05, 0) is 19.8 Å². The van der Waals surface area contributed by atoms with Crippen LogP contribution in [-0.4, -0.2) is 44.8 Å². The maximum absolute atomic E-state index is 12.3. The average Bonchev–Trinajstić information content (AvgIpc) is 3.09. The van der Waals surface area contributed by atoms with Gasteiger partial charge < -0.3 is 10.0 Å². The summed E-state index contributed by atoms with van der Waals surface area (Å²) in [5.74, 6) is -0.896. The fourth-order valence-electron chi connectivity index (χ4n) is 1.98. The molecule has 1 fully saturated rings. The Morgan fingerprint density at radius 3 is 2.67 bits per heavy atom. The van der Waals surface area contributed by atoms with Gasteiger partial charge in [-0.3, -0.25) is 9.48 Å². The number of aryl methyl sites for hydroxylation is 1. The number of carbonyl (C=O) groups is 2. The van der Waals surface area contributed by atoms with Crippen LogP contribution >= 0.6 is 0 Å². The molecule has 6 nitrogen and oxygen atoms in total. The van der Waals surface area contributed by atoms with E-state index in [-0.39, 0.29) is 5.91 Å². The number of hydrogen-bond donors (Lipinski definition) is 1. The minimum absolute atomic E-state index is 0.278. The van der Waals surface area contributed by atoms with Crippen LogP contribution in [0.25, 0.3) is 0 Å². The van der Waals surface area contributed by atoms with E-state index < -0.39 is 12.0 Å². The lowest BCUT2D eigenvalue weighted by Gasteiger charge is -2.21. The number of aromatic nitrogens is 2. The molecular formula is C12H17N3O3. The van der Waals surface area contributed by atoms with E-state index in [1.54, 1.807) is 4.68 Å². The van der Waals surface area contributed by atoms with Gasteiger partial charge in [-0.15, -0.1) is 0 Å². The monoisotopic (exact) mass is 251 g/mol. The van der Waals surface area contributed by atoms with Crippen LogP contribution in [0.15, 0.2) is 6.20 Å². The Bertz CT molecular complexity index is 491. The minimum atomic E-state index is -1.01. The summed E-state index contributed by atoms with van der Waals surface area (Å²) in [5.41, 5.74) is 1.44. The van der Waals surface area contributed by atoms with Gasteiger partial charge in [0.2, 0.25) is 0 Å². The van der Waals surface area contributed by atoms with Crippen LogP contribution < -0.4 is 0 Å². The molecule has 1 aromatic heterocycles. The second-order valence-corrected chi connectivity index (χ2v) is 4.77. The molecule has 1 aromatic rings. The molecule has 0 aliphatic heterocycles. The average molecular weight is 251 g/mol. The molecule has 2 rings (SSSR count). The molecule has 1 aliphatic rings. The molecule has 0 bridgehead atoms. The van der Waals surface area contributed by atoms with Gasteiger partial charge in [0.15, 0.2) is 0 Å². The third kappa shape index (κ3) is 2.10. The topological polar surface area (TPSA) is 75.4 Å². The summed E-state index contributed by atoms with van der Waals surface area (Å²) < 4.78 is 1.71. The normalized spacial score (nSPS) is 16.4. The molecule has 18 heavy (non-hydrogen) atoms. The third-order valence-electron chi connectivity index (χ3n) is 3.44. The lowest BCUT2D eigenvalue weighted by atomic mass is 10.1. The van der Waals surface area contributed by atoms with E-state index in [2.05, 4.69) is 5.10 Å². The zero-order chi connectivity index (χ0) is 13.4. The highest BCUT2D eigenvalue weighted by molar-refractivity contribution is 5.97. The number of aliphatic carboxylic acids is 1. The minimum Gasteiger partial charge on any atom is -0.480 e. The predicted octanol–water partition coefficient (Wildman–Crippen LogP) is 0.843. The van der Waals surface area contributed by atoms with Gasteiger partial charge in [0.05, 0.1) is 17.5 Å². The van der Waals surface area contributed by atoms with E-state index >= 15 is 0 Å². The highest BCUT2D eigenvalue weighted by Crippen LogP contribution is 2.41. The maximum atomic E-state index is 12.3. The Morgan fingerprint density at radius 1 is 1.56 bits per heavy atom. The number of carbonyl (C=O) groups excluding carboxylic acids is 1. The van der Waals surface area contributed by atoms with Crippen LogP contribution in [0.2, 0.25) is 0 Å². The molecule has 98 valence electrons. The molecule has 0 aromatic carbocycles. The smallest absolute Gasteiger partial charge is 0.326 e. The van der Waals surface area contributed by atoms with E-state index in [0.717, 1.165) is 18.5 Å². The Labute approximate surface area is 105 Å². The molecular weight excluding hydrogens is 234 g/mol. The first-order valence-electron chi connectivity index (χ1n) is 5.95. The second kappa shape index (κ2) is 4.44. The molecule has 1 N–H and O–H groups in total. The molecule has 1 aliphatic carbocycles. The van der Waals surface area contributed by atoms with Crippen molar-refractivity contribution in [2.45, 2.75) is 31.7 Å². The van der Waals surface area contributed by atoms with Gasteiger partial charge in [-0.25, -0.2) is 4.79 Å². The first kappa shape index (κ1) is 12.6. The van der Waals surface area contributed by atoms with Crippen molar-refractivity contribution >= 4 is 11.9 Å². The predicted molar refractivity (Wildman–Crippen MR) is 64.4 cm³/mol. The summed E-state index contributed by atoms with van der Waals surface area (Å²) in [6.45, 7) is 1.49. The lowest BCUT2D eigenvalue weighted by Crippen LogP contribution is -2.40. The fourth-order valence-corrected chi connectivity index (χ4v) is 1.98. The zero-order valence-corrected chi connectivity index (χ0v) is 10.8. The number of carboxylic acid groups (broad SMARTS) is 1. The van der Waals surface area contributed by atoms with Crippen molar-refractivity contribution in [2.24, 2.45) is 7.05 Å². The summed E-state index contributed by atoms with van der Waals surface area (Å²) in [6, 6.07) is -0.843. The van der Waals surface area contributed by atoms with Crippen LogP contribution in [-0.2, 0) is 11.8 Å². The van der Waals surface area contributed by atoms with Crippen LogP contribution in [0.1, 0.15) is 41.7 Å². The Kier molecular flexibility index (Phi) is 3.11. The van der Waals surface area contributed by atoms with E-state index in [9.17, 15) is 9.59 Å². The zero-order valence-electron chi connectivity index (χ0n) is 10.8. The molecule has 1 saturated carbocycles. The Morgan fingerprint density at radius 2 is 2.17 bits per heavy atom. The summed E-state index contributed by atoms with van der Waals surface area (Å²) in [7, 11) is 3.32. The van der Waals surface area contributed by atoms with Crippen molar-refractivity contribution in [2.75, 3.05) is 7.05 Å². The van der Waals surface area contributed by atoms with Crippen LogP contribution in [0.4, 0.5) is 0 Å². The molecule has 6 heteroatoms. The second-order valence-electron chi connectivity index (χ2n) is 4.77. The summed E-state index contributed by atoms with van der Waals surface area (Å²) in [6.07, 6.45) is 3.66. The molecule has 1 amide bonds. The van der Waals surface area contributed by atoms with E-state index in [0.29, 0.717) is 11.5 Å². The first-order chi connectivity index (χ1) is 8.43. The molecule has 1 unspecified atom stereocenters. The first-order valence-corrected chi connectivity index (χ1v) is 5.95. The standard InChI is InChI=1S/C12H17N3O3/c1-7(12(17)18)14(2)11(16)9-6-13-15(3)10(9)8-4-5-8/h6-8H,4-5H2,1-3H3,(H,17,18). The van der Waals surface area contributed by atoms with Gasteiger partial charge >= 0.3 is 5.97 Å². The summed E-state index contributed by atoms with van der Waals surface area (Å²) in [4.78, 5) is 24.4. The third-order valence-corrected chi connectivity index (χ3v) is 3.44. The fraction of sp³-hybridized carbons (Fsp3) is 0.583. The number of rotatable bonds is 4. The van der Waals surface area contributed by atoms with Crippen molar-refractivity contribution < 1.29 is 14.7 Å². The van der Waals surface area contributed by atoms with Crippen molar-refractivity contribution in [3.63, 3.8) is 0 Å². The number of carboxylic acids is 1. The number of likely N-dealkylation sites (N-methyl/N-ethyl adjacent to an activating group) is 1. The van der Waals surface area contributed by atoms with Gasteiger partial charge in [0, 0.05) is 20.0 Å². The lowest BCUT2D eigenvalue weighted by molar-refractivity contribution is -0.141. The van der Waals surface area contributed by atoms with E-state index in [1.165, 1.54) is 25.1 Å². The quantitative estimate of drug-likeness (QED) is 0.860. The molecule has 1 atom stereocenters. The highest BCUT2D eigenvalue weighted by atomic mass is 16.4. The SMILES string of the molecule is CC(C(=O)O)N(C)C(=O)c1cnn(C)c1C1CC1. The van der Waals surface area contributed by atoms with E-state index in [4.69, 9.17) is 5.11 Å². The molecule has 0 radical (unpaired) electrons. The van der Waals surface area contributed by atoms with Crippen molar-refractivity contribution in [1.82, 2.24) is 14.7 Å². The summed E-state index contributed by atoms with van der Waals surface area (Å²) in [5, 5.41) is 13.0. The van der Waals surface area contributed by atoms with Gasteiger partial charge in [0.25, 0.3) is 5.91 Å². The Balaban J connectivity index is 2.26. The van der Waals surface area contributed by atoms with Crippen LogP contribution in [0.3, 0.4) is 0 Å². The number of nitrogens with zero attached hydrogens (tertiary/aromatic N) is 3. The largest absolute Gasteiger partial charge is 0.480 e. The molecule has 1 heterocycles. The van der Waals surface area contributed by atoms with Crippen LogP contribution in [0.5, 0.6) is 0 Å². The van der Waals surface area contributed by atoms with Gasteiger partial charge in [-0.2, -0.15) is 5.10 Å². The van der Waals surface area contributed by atoms with E-state index in [1.807, 2.05) is 7.05 Å². The van der Waals surface area contributed by atoms with Crippen molar-refractivity contribution in [1.29, 1.82) is 0 Å². The summed E-state index contributed by atoms with van der Waals surface area (Å²) >= 11 is 0. The Hall–Kier alpha value is -1.85. The number of amides is 1. The maximum Gasteiger partial charge on any atom is 0.326 e. The van der Waals surface area contributed by atoms with Crippen LogP contribution in [0, 0.1) is 0 Å².